The summed E-state index contributed by atoms with van der Waals surface area (Å²) < 4.78 is 57.4. The normalized spacial score (nSPS) is 12.1. The van der Waals surface area contributed by atoms with E-state index < -0.39 is 12.5 Å². The number of nitrogens with one attached hydrogen (secondary N) is 1. The van der Waals surface area contributed by atoms with E-state index in [0.717, 1.165) is 21.0 Å². The fourth-order valence-electron chi connectivity index (χ4n) is 2.35. The highest BCUT2D eigenvalue weighted by Crippen LogP contribution is 2.29. The third kappa shape index (κ3) is 3.66. The minimum Gasteiger partial charge on any atom is -0.428 e. The number of halogens is 5. The van der Waals surface area contributed by atoms with Gasteiger partial charge in [0.15, 0.2) is 4.77 Å². The molecule has 0 saturated carbocycles. The highest BCUT2D eigenvalue weighted by Gasteiger charge is 2.43. The number of rotatable bonds is 5. The Kier molecular flexibility index (Phi) is 5.05. The lowest BCUT2D eigenvalue weighted by molar-refractivity contribution is -0.253. The van der Waals surface area contributed by atoms with Crippen molar-refractivity contribution < 1.29 is 22.3 Å². The molecule has 0 saturated heterocycles. The molecule has 3 aromatic rings. The largest absolute Gasteiger partial charge is 0.461 e. The number of hydrogen-bond donors (Lipinski definition) is 1. The van der Waals surface area contributed by atoms with Gasteiger partial charge in [-0.15, -0.1) is 0 Å². The average Bonchev–Trinajstić information content (AvgIpc) is 2.90. The van der Waals surface area contributed by atoms with Crippen molar-refractivity contribution in [2.75, 3.05) is 0 Å². The van der Waals surface area contributed by atoms with Crippen LogP contribution in [-0.4, -0.2) is 22.1 Å². The molecule has 132 valence electrons. The van der Waals surface area contributed by atoms with E-state index in [1.54, 1.807) is 4.57 Å². The van der Waals surface area contributed by atoms with Crippen LogP contribution in [0.25, 0.3) is 16.7 Å². The summed E-state index contributed by atoms with van der Waals surface area (Å²) in [7, 11) is 0. The second-order valence-electron chi connectivity index (χ2n) is 5.21. The Morgan fingerprint density at radius 2 is 1.84 bits per heavy atom. The van der Waals surface area contributed by atoms with Crippen LogP contribution in [0.3, 0.4) is 0 Å². The van der Waals surface area contributed by atoms with Crippen LogP contribution >= 0.6 is 34.8 Å². The summed E-state index contributed by atoms with van der Waals surface area (Å²) in [6.07, 6.45) is -8.44. The van der Waals surface area contributed by atoms with Gasteiger partial charge in [-0.25, -0.2) is 0 Å². The van der Waals surface area contributed by atoms with Gasteiger partial charge in [-0.3, -0.25) is 4.57 Å². The van der Waals surface area contributed by atoms with Crippen LogP contribution in [0.4, 0.5) is 17.6 Å². The third-order valence-corrected chi connectivity index (χ3v) is 4.67. The molecule has 1 N–H and O–H groups in total. The van der Waals surface area contributed by atoms with Gasteiger partial charge in [0.1, 0.15) is 5.75 Å². The maximum Gasteiger partial charge on any atom is 0.461 e. The van der Waals surface area contributed by atoms with E-state index in [4.69, 9.17) is 12.2 Å². The van der Waals surface area contributed by atoms with E-state index >= 15 is 0 Å². The Hall–Kier alpha value is -1.62. The minimum absolute atomic E-state index is 0.353. The van der Waals surface area contributed by atoms with Crippen LogP contribution in [0.5, 0.6) is 5.75 Å². The first-order valence-corrected chi connectivity index (χ1v) is 9.00. The lowest BCUT2D eigenvalue weighted by Crippen LogP contribution is -2.33. The Labute approximate surface area is 158 Å². The summed E-state index contributed by atoms with van der Waals surface area (Å²) in [6.45, 7) is 0. The number of ether oxygens (including phenoxy) is 1. The molecule has 0 spiro atoms. The van der Waals surface area contributed by atoms with Crippen LogP contribution in [0.1, 0.15) is 5.56 Å². The van der Waals surface area contributed by atoms with Gasteiger partial charge in [-0.05, 0) is 54.2 Å². The Balaban J connectivity index is 1.99. The lowest BCUT2D eigenvalue weighted by Gasteiger charge is -2.17. The SMILES string of the molecule is FC(F)C(F)(F)Oc1ccc(-n2c(=S)[nH]c3ccc(CI)cc32)cc1. The number of H-pyrrole nitrogens is 1. The summed E-state index contributed by atoms with van der Waals surface area (Å²) in [6, 6.07) is 11.2. The minimum atomic E-state index is -4.53. The summed E-state index contributed by atoms with van der Waals surface area (Å²) in [5.74, 6) is -0.353. The maximum absolute atomic E-state index is 13.0. The average molecular weight is 482 g/mol. The van der Waals surface area contributed by atoms with Crippen molar-refractivity contribution >= 4 is 45.8 Å². The lowest BCUT2D eigenvalue weighted by atomic mass is 10.2. The number of alkyl halides is 5. The molecule has 1 aromatic heterocycles. The van der Waals surface area contributed by atoms with Gasteiger partial charge in [0.05, 0.1) is 11.0 Å². The molecule has 2 aromatic carbocycles. The third-order valence-electron chi connectivity index (χ3n) is 3.50. The molecule has 1 heterocycles. The zero-order chi connectivity index (χ0) is 18.2. The molecular formula is C16H11F4IN2OS. The molecule has 0 radical (unpaired) electrons. The van der Waals surface area contributed by atoms with Crippen molar-refractivity contribution in [2.24, 2.45) is 0 Å². The number of nitrogens with zero attached hydrogens (tertiary/aromatic N) is 1. The van der Waals surface area contributed by atoms with Crippen molar-refractivity contribution in [3.63, 3.8) is 0 Å². The predicted octanol–water partition coefficient (Wildman–Crippen LogP) is 5.86. The second-order valence-corrected chi connectivity index (χ2v) is 6.36. The van der Waals surface area contributed by atoms with Gasteiger partial charge in [-0.1, -0.05) is 28.7 Å². The fraction of sp³-hybridized carbons (Fsp3) is 0.188. The van der Waals surface area contributed by atoms with Gasteiger partial charge < -0.3 is 9.72 Å². The highest BCUT2D eigenvalue weighted by molar-refractivity contribution is 14.1. The van der Waals surface area contributed by atoms with E-state index in [0.29, 0.717) is 10.5 Å². The molecule has 9 heteroatoms. The Morgan fingerprint density at radius 1 is 1.16 bits per heavy atom. The molecule has 0 amide bonds. The standard InChI is InChI=1S/C16H11F4IN2OS/c17-14(18)16(19,20)24-11-4-2-10(3-5-11)23-13-7-9(8-21)1-6-12(13)22-15(23)25/h1-7,14H,8H2,(H,22,25). The van der Waals surface area contributed by atoms with Crippen molar-refractivity contribution in [3.8, 4) is 11.4 Å². The van der Waals surface area contributed by atoms with Gasteiger partial charge in [0.25, 0.3) is 0 Å². The van der Waals surface area contributed by atoms with Gasteiger partial charge in [-0.2, -0.15) is 17.6 Å². The Morgan fingerprint density at radius 3 is 2.44 bits per heavy atom. The summed E-state index contributed by atoms with van der Waals surface area (Å²) in [5, 5.41) is 0. The van der Waals surface area contributed by atoms with Crippen molar-refractivity contribution in [2.45, 2.75) is 17.0 Å². The predicted molar refractivity (Wildman–Crippen MR) is 97.8 cm³/mol. The number of hydrogen-bond acceptors (Lipinski definition) is 2. The molecule has 0 aliphatic heterocycles. The topological polar surface area (TPSA) is 29.9 Å². The first-order valence-electron chi connectivity index (χ1n) is 7.07. The monoisotopic (exact) mass is 482 g/mol. The summed E-state index contributed by atoms with van der Waals surface area (Å²) in [5.41, 5.74) is 3.39. The molecule has 3 nitrogen and oxygen atoms in total. The van der Waals surface area contributed by atoms with E-state index in [1.807, 2.05) is 18.2 Å². The molecule has 0 aliphatic rings. The van der Waals surface area contributed by atoms with Crippen LogP contribution in [0, 0.1) is 4.77 Å². The van der Waals surface area contributed by atoms with Gasteiger partial charge in [0.2, 0.25) is 0 Å². The van der Waals surface area contributed by atoms with Crippen LogP contribution < -0.4 is 4.74 Å². The zero-order valence-electron chi connectivity index (χ0n) is 12.5. The molecule has 25 heavy (non-hydrogen) atoms. The van der Waals surface area contributed by atoms with Crippen LogP contribution in [-0.2, 0) is 4.43 Å². The van der Waals surface area contributed by atoms with Gasteiger partial charge in [0, 0.05) is 10.1 Å². The summed E-state index contributed by atoms with van der Waals surface area (Å²) in [4.78, 5) is 3.07. The maximum atomic E-state index is 13.0. The van der Waals surface area contributed by atoms with E-state index in [-0.39, 0.29) is 5.75 Å². The first-order chi connectivity index (χ1) is 11.8. The quantitative estimate of drug-likeness (QED) is 0.214. The zero-order valence-corrected chi connectivity index (χ0v) is 15.5. The fourth-order valence-corrected chi connectivity index (χ4v) is 3.14. The molecule has 0 fully saturated rings. The van der Waals surface area contributed by atoms with Gasteiger partial charge >= 0.3 is 12.5 Å². The second kappa shape index (κ2) is 6.94. The molecule has 0 atom stereocenters. The smallest absolute Gasteiger partial charge is 0.428 e. The van der Waals surface area contributed by atoms with Crippen molar-refractivity contribution in [1.29, 1.82) is 0 Å². The van der Waals surface area contributed by atoms with E-state index in [9.17, 15) is 17.6 Å². The van der Waals surface area contributed by atoms with E-state index in [1.165, 1.54) is 24.3 Å². The number of aromatic amines is 1. The molecular weight excluding hydrogens is 471 g/mol. The Bertz CT molecular complexity index is 953. The van der Waals surface area contributed by atoms with E-state index in [2.05, 4.69) is 32.3 Å². The van der Waals surface area contributed by atoms with Crippen LogP contribution in [0.2, 0.25) is 0 Å². The number of benzene rings is 2. The molecule has 0 bridgehead atoms. The molecule has 3 rings (SSSR count). The first kappa shape index (κ1) is 18.2. The van der Waals surface area contributed by atoms with Crippen molar-refractivity contribution in [3.05, 3.63) is 52.8 Å². The molecule has 0 aliphatic carbocycles. The summed E-state index contributed by atoms with van der Waals surface area (Å²) >= 11 is 7.57. The number of imidazole rings is 1. The number of aromatic nitrogens is 2. The number of fused-ring (bicyclic) bond motifs is 1. The van der Waals surface area contributed by atoms with Crippen molar-refractivity contribution in [1.82, 2.24) is 9.55 Å². The molecule has 0 unspecified atom stereocenters. The van der Waals surface area contributed by atoms with Crippen LogP contribution in [0.15, 0.2) is 42.5 Å². The highest BCUT2D eigenvalue weighted by atomic mass is 127.